The molecule has 0 aliphatic carbocycles. The Bertz CT molecular complexity index is 803. The van der Waals surface area contributed by atoms with E-state index in [9.17, 15) is 4.79 Å². The van der Waals surface area contributed by atoms with Gasteiger partial charge in [0.1, 0.15) is 0 Å². The summed E-state index contributed by atoms with van der Waals surface area (Å²) in [6.45, 7) is 2.93. The number of benzene rings is 1. The summed E-state index contributed by atoms with van der Waals surface area (Å²) >= 11 is 3.56. The lowest BCUT2D eigenvalue weighted by Gasteiger charge is -2.40. The molecule has 148 valence electrons. The van der Waals surface area contributed by atoms with Crippen LogP contribution in [0.25, 0.3) is 0 Å². The highest BCUT2D eigenvalue weighted by Gasteiger charge is 2.38. The van der Waals surface area contributed by atoms with Crippen LogP contribution in [0.4, 0.5) is 5.95 Å². The van der Waals surface area contributed by atoms with Crippen molar-refractivity contribution in [2.45, 2.75) is 31.2 Å². The Balaban J connectivity index is 1.44. The molecule has 2 saturated heterocycles. The average Bonchev–Trinajstić information content (AvgIpc) is 2.75. The van der Waals surface area contributed by atoms with Gasteiger partial charge in [-0.05, 0) is 49.4 Å². The van der Waals surface area contributed by atoms with E-state index < -0.39 is 0 Å². The molecule has 0 spiro atoms. The molecule has 1 amide bonds. The number of carbonyl (C=O) groups is 1. The predicted molar refractivity (Wildman–Crippen MR) is 111 cm³/mol. The van der Waals surface area contributed by atoms with Crippen molar-refractivity contribution in [3.63, 3.8) is 0 Å². The molecular weight excluding hydrogens is 420 g/mol. The number of hydrogen-bond acceptors (Lipinski definition) is 5. The molecule has 2 aliphatic rings. The summed E-state index contributed by atoms with van der Waals surface area (Å²) in [6.07, 6.45) is 6.74. The van der Waals surface area contributed by atoms with Gasteiger partial charge < -0.3 is 15.0 Å². The van der Waals surface area contributed by atoms with E-state index in [1.807, 2.05) is 18.2 Å². The highest BCUT2D eigenvalue weighted by Crippen LogP contribution is 2.34. The van der Waals surface area contributed by atoms with Crippen LogP contribution in [0.2, 0.25) is 0 Å². The van der Waals surface area contributed by atoms with E-state index in [1.54, 1.807) is 12.4 Å². The van der Waals surface area contributed by atoms with Crippen LogP contribution in [0.3, 0.4) is 0 Å². The van der Waals surface area contributed by atoms with Gasteiger partial charge in [-0.25, -0.2) is 9.97 Å². The van der Waals surface area contributed by atoms with E-state index in [0.29, 0.717) is 13.2 Å². The SMILES string of the molecule is O=C(NC1(c2cccc(Br)c2)CCOCC1)C1CCN(c2ncccn2)CC1. The molecule has 28 heavy (non-hydrogen) atoms. The monoisotopic (exact) mass is 444 g/mol. The molecule has 1 aromatic carbocycles. The van der Waals surface area contributed by atoms with E-state index in [4.69, 9.17) is 4.74 Å². The first-order valence-corrected chi connectivity index (χ1v) is 10.6. The second-order valence-corrected chi connectivity index (χ2v) is 8.42. The first kappa shape index (κ1) is 19.3. The van der Waals surface area contributed by atoms with Gasteiger partial charge in [0.05, 0.1) is 5.54 Å². The molecule has 4 rings (SSSR count). The Morgan fingerprint density at radius 3 is 2.54 bits per heavy atom. The van der Waals surface area contributed by atoms with Crippen LogP contribution < -0.4 is 10.2 Å². The fourth-order valence-electron chi connectivity index (χ4n) is 4.13. The zero-order valence-corrected chi connectivity index (χ0v) is 17.4. The fourth-order valence-corrected chi connectivity index (χ4v) is 4.53. The number of amides is 1. The third-order valence-corrected chi connectivity index (χ3v) is 6.28. The number of rotatable bonds is 4. The summed E-state index contributed by atoms with van der Waals surface area (Å²) in [5.41, 5.74) is 0.798. The lowest BCUT2D eigenvalue weighted by molar-refractivity contribution is -0.129. The number of anilines is 1. The van der Waals surface area contributed by atoms with E-state index >= 15 is 0 Å². The number of nitrogens with zero attached hydrogens (tertiary/aromatic N) is 3. The van der Waals surface area contributed by atoms with Crippen molar-refractivity contribution in [1.82, 2.24) is 15.3 Å². The van der Waals surface area contributed by atoms with Crippen molar-refractivity contribution >= 4 is 27.8 Å². The van der Waals surface area contributed by atoms with Gasteiger partial charge in [-0.15, -0.1) is 0 Å². The smallest absolute Gasteiger partial charge is 0.225 e. The fraction of sp³-hybridized carbons (Fsp3) is 0.476. The van der Waals surface area contributed by atoms with Crippen LogP contribution >= 0.6 is 15.9 Å². The van der Waals surface area contributed by atoms with Crippen molar-refractivity contribution in [3.8, 4) is 0 Å². The normalized spacial score (nSPS) is 20.0. The number of ether oxygens (including phenoxy) is 1. The quantitative estimate of drug-likeness (QED) is 0.783. The highest BCUT2D eigenvalue weighted by molar-refractivity contribution is 9.10. The number of nitrogens with one attached hydrogen (secondary N) is 1. The molecule has 2 fully saturated rings. The maximum Gasteiger partial charge on any atom is 0.225 e. The molecule has 3 heterocycles. The summed E-state index contributed by atoms with van der Waals surface area (Å²) in [5.74, 6) is 0.915. The lowest BCUT2D eigenvalue weighted by Crippen LogP contribution is -2.52. The number of piperidine rings is 1. The summed E-state index contributed by atoms with van der Waals surface area (Å²) in [4.78, 5) is 24.0. The van der Waals surface area contributed by atoms with Gasteiger partial charge in [0, 0.05) is 49.1 Å². The van der Waals surface area contributed by atoms with Gasteiger partial charge in [0.2, 0.25) is 11.9 Å². The number of halogens is 1. The molecule has 1 N–H and O–H groups in total. The molecule has 0 saturated carbocycles. The van der Waals surface area contributed by atoms with E-state index in [2.05, 4.69) is 48.2 Å². The Hall–Kier alpha value is -1.99. The highest BCUT2D eigenvalue weighted by atomic mass is 79.9. The van der Waals surface area contributed by atoms with E-state index in [1.165, 1.54) is 0 Å². The van der Waals surface area contributed by atoms with Crippen LogP contribution in [-0.2, 0) is 15.1 Å². The second kappa shape index (κ2) is 8.57. The summed E-state index contributed by atoms with van der Waals surface area (Å²) in [5, 5.41) is 3.41. The van der Waals surface area contributed by atoms with Gasteiger partial charge in [-0.2, -0.15) is 0 Å². The van der Waals surface area contributed by atoms with Crippen molar-refractivity contribution < 1.29 is 9.53 Å². The van der Waals surface area contributed by atoms with Gasteiger partial charge >= 0.3 is 0 Å². The van der Waals surface area contributed by atoms with Crippen molar-refractivity contribution in [2.24, 2.45) is 5.92 Å². The predicted octanol–water partition coefficient (Wildman–Crippen LogP) is 3.28. The largest absolute Gasteiger partial charge is 0.381 e. The first-order valence-electron chi connectivity index (χ1n) is 9.84. The Morgan fingerprint density at radius 2 is 1.86 bits per heavy atom. The first-order chi connectivity index (χ1) is 13.7. The van der Waals surface area contributed by atoms with Crippen molar-refractivity contribution in [1.29, 1.82) is 0 Å². The molecule has 1 aromatic heterocycles. The van der Waals surface area contributed by atoms with E-state index in [-0.39, 0.29) is 17.4 Å². The zero-order valence-electron chi connectivity index (χ0n) is 15.8. The molecule has 0 atom stereocenters. The molecule has 2 aliphatic heterocycles. The van der Waals surface area contributed by atoms with E-state index in [0.717, 1.165) is 54.8 Å². The average molecular weight is 445 g/mol. The molecule has 6 nitrogen and oxygen atoms in total. The topological polar surface area (TPSA) is 67.3 Å². The standard InChI is InChI=1S/C21H25BrN4O2/c22-18-4-1-3-17(15-18)21(7-13-28-14-8-21)25-19(27)16-5-11-26(12-6-16)20-23-9-2-10-24-20/h1-4,9-10,15-16H,5-8,11-14H2,(H,25,27). The molecule has 0 unspecified atom stereocenters. The van der Waals surface area contributed by atoms with Crippen LogP contribution in [-0.4, -0.2) is 42.2 Å². The van der Waals surface area contributed by atoms with Crippen LogP contribution in [0, 0.1) is 5.92 Å². The maximum atomic E-state index is 13.2. The Labute approximate surface area is 173 Å². The van der Waals surface area contributed by atoms with Crippen molar-refractivity contribution in [2.75, 3.05) is 31.2 Å². The third kappa shape index (κ3) is 4.20. The van der Waals surface area contributed by atoms with Crippen LogP contribution in [0.1, 0.15) is 31.2 Å². The molecule has 2 aromatic rings. The summed E-state index contributed by atoms with van der Waals surface area (Å²) < 4.78 is 6.61. The van der Waals surface area contributed by atoms with Gasteiger partial charge in [0.25, 0.3) is 0 Å². The van der Waals surface area contributed by atoms with Gasteiger partial charge in [-0.1, -0.05) is 28.1 Å². The third-order valence-electron chi connectivity index (χ3n) is 5.79. The second-order valence-electron chi connectivity index (χ2n) is 7.50. The summed E-state index contributed by atoms with van der Waals surface area (Å²) in [6, 6.07) is 10.1. The zero-order chi connectivity index (χ0) is 19.4. The molecule has 0 bridgehead atoms. The summed E-state index contributed by atoms with van der Waals surface area (Å²) in [7, 11) is 0. The van der Waals surface area contributed by atoms with Crippen molar-refractivity contribution in [3.05, 3.63) is 52.8 Å². The van der Waals surface area contributed by atoms with Crippen LogP contribution in [0.15, 0.2) is 47.2 Å². The lowest BCUT2D eigenvalue weighted by atomic mass is 9.81. The Kier molecular flexibility index (Phi) is 5.92. The maximum absolute atomic E-state index is 13.2. The molecule has 0 radical (unpaired) electrons. The molecule has 7 heteroatoms. The number of carbonyl (C=O) groups excluding carboxylic acids is 1. The van der Waals surface area contributed by atoms with Gasteiger partial charge in [-0.3, -0.25) is 4.79 Å². The van der Waals surface area contributed by atoms with Crippen LogP contribution in [0.5, 0.6) is 0 Å². The van der Waals surface area contributed by atoms with Gasteiger partial charge in [0.15, 0.2) is 0 Å². The Morgan fingerprint density at radius 1 is 1.14 bits per heavy atom. The number of hydrogen-bond donors (Lipinski definition) is 1. The minimum atomic E-state index is -0.348. The minimum Gasteiger partial charge on any atom is -0.381 e. The minimum absolute atomic E-state index is 0.0202. The molecular formula is C21H25BrN4O2. The number of aromatic nitrogens is 2.